The molecule has 0 unspecified atom stereocenters. The Morgan fingerprint density at radius 2 is 2.04 bits per heavy atom. The number of aryl methyl sites for hydroxylation is 1. The number of anilines is 1. The molecule has 3 rings (SSSR count). The van der Waals surface area contributed by atoms with Gasteiger partial charge in [-0.3, -0.25) is 4.79 Å². The van der Waals surface area contributed by atoms with E-state index in [0.29, 0.717) is 32.7 Å². The second-order valence-electron chi connectivity index (χ2n) is 5.65. The second kappa shape index (κ2) is 6.12. The molecule has 0 bridgehead atoms. The van der Waals surface area contributed by atoms with Crippen LogP contribution in [-0.4, -0.2) is 46.9 Å². The molecule has 7 nitrogen and oxygen atoms in total. The SMILES string of the molecule is CCn1cc(C(=O)O)c(=O)c2cc(O)c(N3CCNCC3)c(F)c21. The summed E-state index contributed by atoms with van der Waals surface area (Å²) in [7, 11) is 0. The van der Waals surface area contributed by atoms with Crippen molar-refractivity contribution >= 4 is 22.6 Å². The number of phenols is 1. The van der Waals surface area contributed by atoms with E-state index in [4.69, 9.17) is 5.11 Å². The van der Waals surface area contributed by atoms with Crippen molar-refractivity contribution in [2.75, 3.05) is 31.1 Å². The maximum atomic E-state index is 15.1. The number of pyridine rings is 1. The minimum absolute atomic E-state index is 0.0128. The summed E-state index contributed by atoms with van der Waals surface area (Å²) in [5.74, 6) is -2.44. The molecule has 0 saturated carbocycles. The molecule has 1 aromatic carbocycles. The first-order valence-corrected chi connectivity index (χ1v) is 7.73. The molecule has 1 saturated heterocycles. The van der Waals surface area contributed by atoms with E-state index in [1.165, 1.54) is 4.57 Å². The summed E-state index contributed by atoms with van der Waals surface area (Å²) in [6.45, 7) is 4.40. The zero-order valence-corrected chi connectivity index (χ0v) is 13.2. The molecule has 1 aliphatic rings. The highest BCUT2D eigenvalue weighted by molar-refractivity contribution is 5.94. The molecule has 0 aliphatic carbocycles. The highest BCUT2D eigenvalue weighted by atomic mass is 19.1. The average molecular weight is 335 g/mol. The molecule has 3 N–H and O–H groups in total. The van der Waals surface area contributed by atoms with Crippen molar-refractivity contribution in [3.05, 3.63) is 33.9 Å². The second-order valence-corrected chi connectivity index (χ2v) is 5.65. The Kier molecular flexibility index (Phi) is 4.15. The Morgan fingerprint density at radius 1 is 1.38 bits per heavy atom. The third-order valence-electron chi connectivity index (χ3n) is 4.26. The molecule has 8 heteroatoms. The van der Waals surface area contributed by atoms with Crippen LogP contribution >= 0.6 is 0 Å². The quantitative estimate of drug-likeness (QED) is 0.774. The van der Waals surface area contributed by atoms with Gasteiger partial charge in [-0.25, -0.2) is 9.18 Å². The third kappa shape index (κ3) is 2.48. The van der Waals surface area contributed by atoms with Crippen LogP contribution < -0.4 is 15.6 Å². The number of aromatic hydroxyl groups is 1. The van der Waals surface area contributed by atoms with E-state index in [9.17, 15) is 14.7 Å². The minimum Gasteiger partial charge on any atom is -0.506 e. The first kappa shape index (κ1) is 16.3. The van der Waals surface area contributed by atoms with Gasteiger partial charge in [-0.15, -0.1) is 0 Å². The molecule has 0 spiro atoms. The van der Waals surface area contributed by atoms with Crippen LogP contribution in [-0.2, 0) is 6.54 Å². The van der Waals surface area contributed by atoms with Crippen molar-refractivity contribution in [1.82, 2.24) is 9.88 Å². The molecule has 128 valence electrons. The van der Waals surface area contributed by atoms with Gasteiger partial charge < -0.3 is 25.0 Å². The van der Waals surface area contributed by atoms with E-state index >= 15 is 4.39 Å². The van der Waals surface area contributed by atoms with Gasteiger partial charge in [-0.2, -0.15) is 0 Å². The van der Waals surface area contributed by atoms with Crippen molar-refractivity contribution < 1.29 is 19.4 Å². The maximum absolute atomic E-state index is 15.1. The van der Waals surface area contributed by atoms with E-state index in [0.717, 1.165) is 12.3 Å². The number of hydrogen-bond donors (Lipinski definition) is 3. The smallest absolute Gasteiger partial charge is 0.341 e. The molecule has 0 amide bonds. The lowest BCUT2D eigenvalue weighted by molar-refractivity contribution is 0.0695. The van der Waals surface area contributed by atoms with Crippen molar-refractivity contribution in [2.45, 2.75) is 13.5 Å². The monoisotopic (exact) mass is 335 g/mol. The molecule has 0 atom stereocenters. The number of hydrogen-bond acceptors (Lipinski definition) is 5. The number of benzene rings is 1. The van der Waals surface area contributed by atoms with Crippen LogP contribution in [0.25, 0.3) is 10.9 Å². The number of piperazine rings is 1. The van der Waals surface area contributed by atoms with Gasteiger partial charge in [0, 0.05) is 38.9 Å². The van der Waals surface area contributed by atoms with Crippen LogP contribution in [0.1, 0.15) is 17.3 Å². The van der Waals surface area contributed by atoms with Crippen LogP contribution in [0.3, 0.4) is 0 Å². The Bertz CT molecular complexity index is 872. The zero-order chi connectivity index (χ0) is 17.4. The summed E-state index contributed by atoms with van der Waals surface area (Å²) < 4.78 is 16.5. The topological polar surface area (TPSA) is 94.8 Å². The Balaban J connectivity index is 2.34. The van der Waals surface area contributed by atoms with Gasteiger partial charge in [0.2, 0.25) is 5.43 Å². The highest BCUT2D eigenvalue weighted by Gasteiger charge is 2.25. The number of nitrogens with one attached hydrogen (secondary N) is 1. The van der Waals surface area contributed by atoms with E-state index in [2.05, 4.69) is 5.32 Å². The van der Waals surface area contributed by atoms with Gasteiger partial charge in [0.05, 0.1) is 10.9 Å². The first-order valence-electron chi connectivity index (χ1n) is 7.73. The van der Waals surface area contributed by atoms with Crippen molar-refractivity contribution in [2.24, 2.45) is 0 Å². The van der Waals surface area contributed by atoms with Gasteiger partial charge in [-0.1, -0.05) is 0 Å². The number of aromatic carboxylic acids is 1. The third-order valence-corrected chi connectivity index (χ3v) is 4.26. The van der Waals surface area contributed by atoms with Crippen LogP contribution in [0.2, 0.25) is 0 Å². The maximum Gasteiger partial charge on any atom is 0.341 e. The zero-order valence-electron chi connectivity index (χ0n) is 13.2. The summed E-state index contributed by atoms with van der Waals surface area (Å²) in [5, 5.41) is 22.4. The molecule has 0 radical (unpaired) electrons. The fraction of sp³-hybridized carbons (Fsp3) is 0.375. The number of carboxylic acid groups (broad SMARTS) is 1. The van der Waals surface area contributed by atoms with Gasteiger partial charge in [0.1, 0.15) is 17.0 Å². The molecular weight excluding hydrogens is 317 g/mol. The summed E-state index contributed by atoms with van der Waals surface area (Å²) in [6, 6.07) is 1.16. The van der Waals surface area contributed by atoms with Crippen molar-refractivity contribution in [3.63, 3.8) is 0 Å². The molecular formula is C16H18FN3O4. The lowest BCUT2D eigenvalue weighted by Crippen LogP contribution is -2.44. The Labute approximate surface area is 136 Å². The molecule has 1 aromatic heterocycles. The van der Waals surface area contributed by atoms with Crippen LogP contribution in [0.15, 0.2) is 17.1 Å². The van der Waals surface area contributed by atoms with Gasteiger partial charge in [-0.05, 0) is 13.0 Å². The normalized spacial score (nSPS) is 15.0. The Morgan fingerprint density at radius 3 is 2.62 bits per heavy atom. The summed E-state index contributed by atoms with van der Waals surface area (Å²) in [5.41, 5.74) is -1.19. The summed E-state index contributed by atoms with van der Waals surface area (Å²) in [6.07, 6.45) is 1.15. The number of carbonyl (C=O) groups is 1. The molecule has 1 aliphatic heterocycles. The minimum atomic E-state index is -1.38. The number of rotatable bonds is 3. The fourth-order valence-corrected chi connectivity index (χ4v) is 3.09. The number of halogens is 1. The number of aromatic nitrogens is 1. The summed E-state index contributed by atoms with van der Waals surface area (Å²) in [4.78, 5) is 25.3. The number of phenolic OH excluding ortho intramolecular Hbond substituents is 1. The molecule has 2 heterocycles. The lowest BCUT2D eigenvalue weighted by atomic mass is 10.1. The highest BCUT2D eigenvalue weighted by Crippen LogP contribution is 2.35. The van der Waals surface area contributed by atoms with E-state index in [1.807, 2.05) is 0 Å². The number of nitrogens with zero attached hydrogens (tertiary/aromatic N) is 2. The van der Waals surface area contributed by atoms with Crippen LogP contribution in [0.5, 0.6) is 5.75 Å². The fourth-order valence-electron chi connectivity index (χ4n) is 3.09. The Hall–Kier alpha value is -2.61. The largest absolute Gasteiger partial charge is 0.506 e. The lowest BCUT2D eigenvalue weighted by Gasteiger charge is -2.30. The standard InChI is InChI=1S/C16H18FN3O4/c1-2-19-8-10(16(23)24)15(22)9-7-11(21)14(12(17)13(9)19)20-5-3-18-4-6-20/h7-8,18,21H,2-6H2,1H3,(H,23,24). The predicted molar refractivity (Wildman–Crippen MR) is 87.5 cm³/mol. The van der Waals surface area contributed by atoms with Crippen LogP contribution in [0, 0.1) is 5.82 Å². The van der Waals surface area contributed by atoms with Gasteiger partial charge in [0.25, 0.3) is 0 Å². The first-order chi connectivity index (χ1) is 11.5. The summed E-state index contributed by atoms with van der Waals surface area (Å²) >= 11 is 0. The molecule has 2 aromatic rings. The number of carboxylic acids is 1. The average Bonchev–Trinajstić information content (AvgIpc) is 2.56. The van der Waals surface area contributed by atoms with Crippen molar-refractivity contribution in [3.8, 4) is 5.75 Å². The molecule has 24 heavy (non-hydrogen) atoms. The van der Waals surface area contributed by atoms with Gasteiger partial charge >= 0.3 is 5.97 Å². The van der Waals surface area contributed by atoms with Crippen LogP contribution in [0.4, 0.5) is 10.1 Å². The van der Waals surface area contributed by atoms with Gasteiger partial charge in [0.15, 0.2) is 5.82 Å². The van der Waals surface area contributed by atoms with E-state index in [1.54, 1.807) is 11.8 Å². The van der Waals surface area contributed by atoms with Crippen molar-refractivity contribution in [1.29, 1.82) is 0 Å². The van der Waals surface area contributed by atoms with E-state index < -0.39 is 22.8 Å². The van der Waals surface area contributed by atoms with E-state index in [-0.39, 0.29) is 22.3 Å². The number of fused-ring (bicyclic) bond motifs is 1. The molecule has 1 fully saturated rings. The predicted octanol–water partition coefficient (Wildman–Crippen LogP) is 0.974.